The van der Waals surface area contributed by atoms with E-state index in [-0.39, 0.29) is 11.1 Å². The standard InChI is InChI=1S/C16H19NO5S/c1-3-20-14(21-4-2)10-22-12-7-5-11(6-8-12)9-13-15(18)17-16(19)23-13/h5-9,14H,3-4,10H2,1-2H3,(H,17,18,19)/b13-9-. The molecule has 0 atom stereocenters. The highest BCUT2D eigenvalue weighted by Gasteiger charge is 2.24. The van der Waals surface area contributed by atoms with Crippen molar-refractivity contribution in [1.82, 2.24) is 5.32 Å². The fraction of sp³-hybridized carbons (Fsp3) is 0.375. The van der Waals surface area contributed by atoms with Gasteiger partial charge in [0.15, 0.2) is 6.29 Å². The highest BCUT2D eigenvalue weighted by molar-refractivity contribution is 8.18. The summed E-state index contributed by atoms with van der Waals surface area (Å²) < 4.78 is 16.4. The van der Waals surface area contributed by atoms with Crippen LogP contribution in [0.15, 0.2) is 29.2 Å². The van der Waals surface area contributed by atoms with Crippen LogP contribution in [0, 0.1) is 0 Å². The van der Waals surface area contributed by atoms with Crippen molar-refractivity contribution in [3.05, 3.63) is 34.7 Å². The molecule has 124 valence electrons. The monoisotopic (exact) mass is 337 g/mol. The Kier molecular flexibility index (Phi) is 6.64. The van der Waals surface area contributed by atoms with E-state index < -0.39 is 6.29 Å². The number of carbonyl (C=O) groups is 2. The third-order valence-electron chi connectivity index (χ3n) is 2.91. The lowest BCUT2D eigenvalue weighted by Gasteiger charge is -2.17. The maximum absolute atomic E-state index is 11.5. The van der Waals surface area contributed by atoms with Crippen LogP contribution in [0.25, 0.3) is 6.08 Å². The SMILES string of the molecule is CCOC(COc1ccc(/C=C2\SC(=O)NC2=O)cc1)OCC. The predicted molar refractivity (Wildman–Crippen MR) is 88.1 cm³/mol. The number of hydrogen-bond acceptors (Lipinski definition) is 6. The summed E-state index contributed by atoms with van der Waals surface area (Å²) in [6, 6.07) is 7.21. The maximum Gasteiger partial charge on any atom is 0.290 e. The zero-order valence-corrected chi connectivity index (χ0v) is 13.9. The van der Waals surface area contributed by atoms with Crippen molar-refractivity contribution in [3.8, 4) is 5.75 Å². The molecule has 7 heteroatoms. The largest absolute Gasteiger partial charge is 0.488 e. The Labute approximate surface area is 139 Å². The Morgan fingerprint density at radius 3 is 2.30 bits per heavy atom. The smallest absolute Gasteiger partial charge is 0.290 e. The van der Waals surface area contributed by atoms with Gasteiger partial charge in [0, 0.05) is 13.2 Å². The Morgan fingerprint density at radius 2 is 1.78 bits per heavy atom. The number of nitrogens with one attached hydrogen (secondary N) is 1. The molecule has 1 aliphatic rings. The molecule has 1 saturated heterocycles. The van der Waals surface area contributed by atoms with Gasteiger partial charge < -0.3 is 14.2 Å². The second-order valence-electron chi connectivity index (χ2n) is 4.57. The summed E-state index contributed by atoms with van der Waals surface area (Å²) in [7, 11) is 0. The van der Waals surface area contributed by atoms with E-state index in [4.69, 9.17) is 14.2 Å². The van der Waals surface area contributed by atoms with Crippen molar-refractivity contribution in [3.63, 3.8) is 0 Å². The minimum atomic E-state index is -0.392. The lowest BCUT2D eigenvalue weighted by Crippen LogP contribution is -2.25. The van der Waals surface area contributed by atoms with Crippen LogP contribution < -0.4 is 10.1 Å². The average molecular weight is 337 g/mol. The van der Waals surface area contributed by atoms with Crippen LogP contribution in [0.1, 0.15) is 19.4 Å². The first kappa shape index (κ1) is 17.5. The summed E-state index contributed by atoms with van der Waals surface area (Å²) in [5, 5.41) is 1.87. The molecule has 0 bridgehead atoms. The van der Waals surface area contributed by atoms with E-state index in [9.17, 15) is 9.59 Å². The molecular weight excluding hydrogens is 318 g/mol. The minimum Gasteiger partial charge on any atom is -0.488 e. The van der Waals surface area contributed by atoms with E-state index in [1.807, 2.05) is 26.0 Å². The minimum absolute atomic E-state index is 0.300. The summed E-state index contributed by atoms with van der Waals surface area (Å²) in [6.07, 6.45) is 1.27. The summed E-state index contributed by atoms with van der Waals surface area (Å²) in [6.45, 7) is 5.21. The fourth-order valence-corrected chi connectivity index (χ4v) is 2.60. The van der Waals surface area contributed by atoms with Gasteiger partial charge in [0.05, 0.1) is 4.91 Å². The van der Waals surface area contributed by atoms with Crippen LogP contribution in [0.5, 0.6) is 5.75 Å². The van der Waals surface area contributed by atoms with Crippen molar-refractivity contribution in [2.75, 3.05) is 19.8 Å². The van der Waals surface area contributed by atoms with Crippen molar-refractivity contribution >= 4 is 29.0 Å². The molecule has 0 spiro atoms. The van der Waals surface area contributed by atoms with Gasteiger partial charge in [-0.3, -0.25) is 14.9 Å². The molecule has 6 nitrogen and oxygen atoms in total. The van der Waals surface area contributed by atoms with Gasteiger partial charge in [-0.05, 0) is 49.4 Å². The number of ether oxygens (including phenoxy) is 3. The Balaban J connectivity index is 1.93. The lowest BCUT2D eigenvalue weighted by molar-refractivity contribution is -0.152. The predicted octanol–water partition coefficient (Wildman–Crippen LogP) is 2.79. The van der Waals surface area contributed by atoms with E-state index in [1.54, 1.807) is 18.2 Å². The van der Waals surface area contributed by atoms with Crippen molar-refractivity contribution in [2.24, 2.45) is 0 Å². The topological polar surface area (TPSA) is 73.9 Å². The number of benzene rings is 1. The molecule has 0 radical (unpaired) electrons. The van der Waals surface area contributed by atoms with Crippen molar-refractivity contribution in [1.29, 1.82) is 0 Å². The van der Waals surface area contributed by atoms with Gasteiger partial charge in [-0.1, -0.05) is 12.1 Å². The van der Waals surface area contributed by atoms with Crippen LogP contribution in [-0.2, 0) is 14.3 Å². The molecule has 0 aliphatic carbocycles. The van der Waals surface area contributed by atoms with Gasteiger partial charge in [-0.15, -0.1) is 0 Å². The van der Waals surface area contributed by atoms with Crippen LogP contribution >= 0.6 is 11.8 Å². The Morgan fingerprint density at radius 1 is 1.13 bits per heavy atom. The zero-order chi connectivity index (χ0) is 16.7. The molecule has 1 aromatic rings. The van der Waals surface area contributed by atoms with E-state index in [2.05, 4.69) is 5.32 Å². The van der Waals surface area contributed by atoms with Crippen LogP contribution in [0.2, 0.25) is 0 Å². The number of imide groups is 1. The zero-order valence-electron chi connectivity index (χ0n) is 13.0. The molecule has 2 rings (SSSR count). The molecule has 1 aromatic carbocycles. The summed E-state index contributed by atoms with van der Waals surface area (Å²) in [5.41, 5.74) is 0.816. The number of rotatable bonds is 8. The Bertz CT molecular complexity index is 579. The highest BCUT2D eigenvalue weighted by atomic mass is 32.2. The molecule has 2 amide bonds. The molecule has 0 unspecified atom stereocenters. The second-order valence-corrected chi connectivity index (χ2v) is 5.59. The van der Waals surface area contributed by atoms with Crippen molar-refractivity contribution in [2.45, 2.75) is 20.1 Å². The van der Waals surface area contributed by atoms with Gasteiger partial charge in [0.25, 0.3) is 11.1 Å². The van der Waals surface area contributed by atoms with Gasteiger partial charge in [-0.25, -0.2) is 0 Å². The second kappa shape index (κ2) is 8.71. The van der Waals surface area contributed by atoms with Crippen LogP contribution in [0.4, 0.5) is 4.79 Å². The molecule has 1 N–H and O–H groups in total. The normalized spacial score (nSPS) is 16.2. The van der Waals surface area contributed by atoms with E-state index >= 15 is 0 Å². The first-order valence-corrected chi connectivity index (χ1v) is 8.15. The molecule has 0 aromatic heterocycles. The van der Waals surface area contributed by atoms with Gasteiger partial charge in [0.1, 0.15) is 12.4 Å². The first-order chi connectivity index (χ1) is 11.1. The number of amides is 2. The van der Waals surface area contributed by atoms with E-state index in [0.717, 1.165) is 17.3 Å². The van der Waals surface area contributed by atoms with Gasteiger partial charge >= 0.3 is 0 Å². The number of thioether (sulfide) groups is 1. The molecule has 0 saturated carbocycles. The Hall–Kier alpha value is -1.83. The molecular formula is C16H19NO5S. The molecule has 23 heavy (non-hydrogen) atoms. The summed E-state index contributed by atoms with van der Waals surface area (Å²) in [4.78, 5) is 23.0. The third-order valence-corrected chi connectivity index (χ3v) is 3.72. The van der Waals surface area contributed by atoms with E-state index in [0.29, 0.717) is 30.5 Å². The van der Waals surface area contributed by atoms with E-state index in [1.165, 1.54) is 0 Å². The fourth-order valence-electron chi connectivity index (χ4n) is 1.91. The quantitative estimate of drug-likeness (QED) is 0.581. The maximum atomic E-state index is 11.5. The molecule has 1 aliphatic heterocycles. The number of hydrogen-bond donors (Lipinski definition) is 1. The molecule has 1 fully saturated rings. The van der Waals surface area contributed by atoms with Crippen molar-refractivity contribution < 1.29 is 23.8 Å². The first-order valence-electron chi connectivity index (χ1n) is 7.33. The van der Waals surface area contributed by atoms with Crippen LogP contribution in [0.3, 0.4) is 0 Å². The number of carbonyl (C=O) groups excluding carboxylic acids is 2. The summed E-state index contributed by atoms with van der Waals surface area (Å²) in [5.74, 6) is 0.313. The lowest BCUT2D eigenvalue weighted by atomic mass is 10.2. The van der Waals surface area contributed by atoms with Gasteiger partial charge in [-0.2, -0.15) is 0 Å². The van der Waals surface area contributed by atoms with Crippen LogP contribution in [-0.4, -0.2) is 37.3 Å². The average Bonchev–Trinajstić information content (AvgIpc) is 2.84. The summed E-state index contributed by atoms with van der Waals surface area (Å²) >= 11 is 0.895. The van der Waals surface area contributed by atoms with Gasteiger partial charge in [0.2, 0.25) is 0 Å². The molecule has 1 heterocycles. The third kappa shape index (κ3) is 5.38. The highest BCUT2D eigenvalue weighted by Crippen LogP contribution is 2.26.